The Hall–Kier alpha value is -2.68. The number of nitrogens with zero attached hydrogens (tertiary/aromatic N) is 2. The number of nitrogens with one attached hydrogen (secondary N) is 2. The molecule has 0 spiro atoms. The highest BCUT2D eigenvalue weighted by Crippen LogP contribution is 2.29. The molecule has 0 saturated carbocycles. The zero-order valence-electron chi connectivity index (χ0n) is 20.3. The van der Waals surface area contributed by atoms with Crippen LogP contribution < -0.4 is 10.6 Å². The first-order valence-corrected chi connectivity index (χ1v) is 13.6. The Labute approximate surface area is 211 Å². The second-order valence-corrected chi connectivity index (χ2v) is 11.5. The molecule has 1 aliphatic rings. The summed E-state index contributed by atoms with van der Waals surface area (Å²) in [6, 6.07) is 11.3. The van der Waals surface area contributed by atoms with Crippen molar-refractivity contribution in [2.75, 3.05) is 31.5 Å². The fraction of sp³-hybridized carbons (Fsp3) is 0.385. The first-order valence-electron chi connectivity index (χ1n) is 11.8. The molecule has 1 aromatic heterocycles. The maximum atomic E-state index is 13.3. The average molecular weight is 515 g/mol. The van der Waals surface area contributed by atoms with Crippen LogP contribution in [0.2, 0.25) is 5.02 Å². The minimum Gasteiger partial charge on any atom is -0.383 e. The largest absolute Gasteiger partial charge is 0.383 e. The maximum absolute atomic E-state index is 13.3. The molecule has 0 aliphatic carbocycles. The minimum absolute atomic E-state index is 0.0297. The molecular formula is C26H31ClN4O3S. The molecule has 2 heterocycles. The summed E-state index contributed by atoms with van der Waals surface area (Å²) in [4.78, 5) is 17.4. The molecular weight excluding hydrogens is 484 g/mol. The highest BCUT2D eigenvalue weighted by molar-refractivity contribution is 7.89. The molecule has 1 saturated heterocycles. The Kier molecular flexibility index (Phi) is 7.64. The Morgan fingerprint density at radius 1 is 1.06 bits per heavy atom. The molecule has 0 radical (unpaired) electrons. The maximum Gasteiger partial charge on any atom is 0.243 e. The third kappa shape index (κ3) is 5.60. The van der Waals surface area contributed by atoms with Crippen molar-refractivity contribution in [3.8, 4) is 0 Å². The van der Waals surface area contributed by atoms with Gasteiger partial charge in [-0.05, 0) is 69.0 Å². The Balaban J connectivity index is 1.28. The fourth-order valence-electron chi connectivity index (χ4n) is 4.86. The number of pyridine rings is 1. The van der Waals surface area contributed by atoms with Gasteiger partial charge in [0.25, 0.3) is 0 Å². The van der Waals surface area contributed by atoms with Gasteiger partial charge < -0.3 is 10.6 Å². The van der Waals surface area contributed by atoms with Crippen LogP contribution in [-0.2, 0) is 14.8 Å². The predicted molar refractivity (Wildman–Crippen MR) is 140 cm³/mol. The molecule has 35 heavy (non-hydrogen) atoms. The number of anilines is 1. The van der Waals surface area contributed by atoms with E-state index in [9.17, 15) is 13.2 Å². The molecule has 0 bridgehead atoms. The highest BCUT2D eigenvalue weighted by atomic mass is 35.5. The molecule has 7 nitrogen and oxygen atoms in total. The van der Waals surface area contributed by atoms with E-state index < -0.39 is 10.0 Å². The van der Waals surface area contributed by atoms with Crippen LogP contribution in [0, 0.1) is 26.7 Å². The number of aryl methyl sites for hydroxylation is 3. The van der Waals surface area contributed by atoms with Gasteiger partial charge in [-0.1, -0.05) is 29.3 Å². The summed E-state index contributed by atoms with van der Waals surface area (Å²) in [6.45, 7) is 7.36. The Bertz CT molecular complexity index is 1330. The molecule has 186 valence electrons. The standard InChI is InChI=1S/C26H31ClN4O3S/c1-17-14-18(2)25(19(3)15-17)35(33,34)31-12-7-20(8-13-31)26(32)30-11-10-29-23-6-9-28-24-16-21(27)4-5-22(23)24/h4-6,9,14-16,20H,7-8,10-13H2,1-3H3,(H,28,29)(H,30,32). The van der Waals surface area contributed by atoms with E-state index in [1.807, 2.05) is 57.2 Å². The lowest BCUT2D eigenvalue weighted by atomic mass is 9.97. The molecule has 1 amide bonds. The van der Waals surface area contributed by atoms with E-state index in [0.29, 0.717) is 48.9 Å². The first-order chi connectivity index (χ1) is 16.7. The zero-order chi connectivity index (χ0) is 25.2. The Morgan fingerprint density at radius 3 is 2.43 bits per heavy atom. The van der Waals surface area contributed by atoms with E-state index in [4.69, 9.17) is 11.6 Å². The summed E-state index contributed by atoms with van der Waals surface area (Å²) in [5.41, 5.74) is 4.32. The van der Waals surface area contributed by atoms with Gasteiger partial charge >= 0.3 is 0 Å². The lowest BCUT2D eigenvalue weighted by Gasteiger charge is -2.31. The molecule has 0 atom stereocenters. The van der Waals surface area contributed by atoms with E-state index in [1.165, 1.54) is 4.31 Å². The van der Waals surface area contributed by atoms with E-state index >= 15 is 0 Å². The van der Waals surface area contributed by atoms with Gasteiger partial charge in [0.1, 0.15) is 0 Å². The first kappa shape index (κ1) is 25.4. The van der Waals surface area contributed by atoms with Gasteiger partial charge in [-0.15, -0.1) is 0 Å². The van der Waals surface area contributed by atoms with Crippen LogP contribution in [0.5, 0.6) is 0 Å². The summed E-state index contributed by atoms with van der Waals surface area (Å²) in [7, 11) is -3.58. The highest BCUT2D eigenvalue weighted by Gasteiger charge is 2.33. The van der Waals surface area contributed by atoms with Crippen molar-refractivity contribution in [2.45, 2.75) is 38.5 Å². The number of aromatic nitrogens is 1. The summed E-state index contributed by atoms with van der Waals surface area (Å²) in [6.07, 6.45) is 2.75. The smallest absolute Gasteiger partial charge is 0.243 e. The van der Waals surface area contributed by atoms with Crippen LogP contribution in [0.1, 0.15) is 29.5 Å². The third-order valence-electron chi connectivity index (χ3n) is 6.47. The molecule has 3 aromatic rings. The number of hydrogen-bond acceptors (Lipinski definition) is 5. The monoisotopic (exact) mass is 514 g/mol. The van der Waals surface area contributed by atoms with E-state index in [1.54, 1.807) is 6.20 Å². The van der Waals surface area contributed by atoms with Crippen LogP contribution in [0.15, 0.2) is 47.5 Å². The van der Waals surface area contributed by atoms with Crippen molar-refractivity contribution in [2.24, 2.45) is 5.92 Å². The third-order valence-corrected chi connectivity index (χ3v) is 8.91. The van der Waals surface area contributed by atoms with E-state index in [2.05, 4.69) is 15.6 Å². The number of carbonyl (C=O) groups excluding carboxylic acids is 1. The second-order valence-electron chi connectivity index (χ2n) is 9.14. The van der Waals surface area contributed by atoms with E-state index in [0.717, 1.165) is 33.3 Å². The lowest BCUT2D eigenvalue weighted by molar-refractivity contribution is -0.126. The number of piperidine rings is 1. The minimum atomic E-state index is -3.58. The molecule has 0 unspecified atom stereocenters. The van der Waals surface area contributed by atoms with Crippen molar-refractivity contribution >= 4 is 44.1 Å². The SMILES string of the molecule is Cc1cc(C)c(S(=O)(=O)N2CCC(C(=O)NCCNc3ccnc4cc(Cl)ccc34)CC2)c(C)c1. The number of halogens is 1. The summed E-state index contributed by atoms with van der Waals surface area (Å²) in [5, 5.41) is 7.93. The zero-order valence-corrected chi connectivity index (χ0v) is 21.8. The van der Waals surface area contributed by atoms with Crippen molar-refractivity contribution in [3.05, 3.63) is 64.3 Å². The van der Waals surface area contributed by atoms with Crippen LogP contribution in [0.4, 0.5) is 5.69 Å². The number of carbonyl (C=O) groups is 1. The quantitative estimate of drug-likeness (QED) is 0.455. The van der Waals surface area contributed by atoms with Gasteiger partial charge in [0.05, 0.1) is 10.4 Å². The molecule has 2 N–H and O–H groups in total. The number of hydrogen-bond donors (Lipinski definition) is 2. The van der Waals surface area contributed by atoms with Crippen molar-refractivity contribution in [1.82, 2.24) is 14.6 Å². The summed E-state index contributed by atoms with van der Waals surface area (Å²) in [5.74, 6) is -0.219. The number of amides is 1. The van der Waals surface area contributed by atoms with Gasteiger partial charge in [-0.3, -0.25) is 9.78 Å². The second kappa shape index (κ2) is 10.5. The van der Waals surface area contributed by atoms with Crippen molar-refractivity contribution < 1.29 is 13.2 Å². The van der Waals surface area contributed by atoms with Gasteiger partial charge in [0.2, 0.25) is 15.9 Å². The molecule has 2 aromatic carbocycles. The topological polar surface area (TPSA) is 91.4 Å². The molecule has 4 rings (SSSR count). The average Bonchev–Trinajstić information content (AvgIpc) is 2.80. The van der Waals surface area contributed by atoms with Gasteiger partial charge in [0.15, 0.2) is 0 Å². The predicted octanol–water partition coefficient (Wildman–Crippen LogP) is 4.44. The summed E-state index contributed by atoms with van der Waals surface area (Å²) < 4.78 is 28.1. The van der Waals surface area contributed by atoms with Gasteiger partial charge in [-0.2, -0.15) is 4.31 Å². The van der Waals surface area contributed by atoms with Gasteiger partial charge in [-0.25, -0.2) is 8.42 Å². The van der Waals surface area contributed by atoms with Crippen molar-refractivity contribution in [3.63, 3.8) is 0 Å². The summed E-state index contributed by atoms with van der Waals surface area (Å²) >= 11 is 6.05. The van der Waals surface area contributed by atoms with Crippen LogP contribution in [0.25, 0.3) is 10.9 Å². The van der Waals surface area contributed by atoms with Crippen LogP contribution >= 0.6 is 11.6 Å². The normalized spacial score (nSPS) is 15.3. The number of rotatable bonds is 7. The molecule has 1 fully saturated rings. The molecule has 1 aliphatic heterocycles. The number of fused-ring (bicyclic) bond motifs is 1. The molecule has 9 heteroatoms. The van der Waals surface area contributed by atoms with Crippen LogP contribution in [-0.4, -0.2) is 49.8 Å². The number of benzene rings is 2. The Morgan fingerprint density at radius 2 is 1.74 bits per heavy atom. The fourth-order valence-corrected chi connectivity index (χ4v) is 6.91. The van der Waals surface area contributed by atoms with Crippen LogP contribution in [0.3, 0.4) is 0 Å². The lowest BCUT2D eigenvalue weighted by Crippen LogP contribution is -2.43. The van der Waals surface area contributed by atoms with Crippen molar-refractivity contribution in [1.29, 1.82) is 0 Å². The van der Waals surface area contributed by atoms with E-state index in [-0.39, 0.29) is 11.8 Å². The number of sulfonamides is 1. The van der Waals surface area contributed by atoms with Gasteiger partial charge in [0, 0.05) is 54.4 Å².